The number of benzene rings is 1. The summed E-state index contributed by atoms with van der Waals surface area (Å²) in [5.74, 6) is 2.56. The first kappa shape index (κ1) is 15.6. The van der Waals surface area contributed by atoms with Gasteiger partial charge in [-0.25, -0.2) is 0 Å². The maximum absolute atomic E-state index is 12.4. The summed E-state index contributed by atoms with van der Waals surface area (Å²) in [6, 6.07) is 7.15. The van der Waals surface area contributed by atoms with Crippen LogP contribution in [-0.2, 0) is 0 Å². The Labute approximate surface area is 149 Å². The smallest absolute Gasteiger partial charge is 0.261 e. The lowest BCUT2D eigenvalue weighted by Crippen LogP contribution is -2.58. The first-order valence-corrected chi connectivity index (χ1v) is 9.84. The molecule has 4 heteroatoms. The second-order valence-corrected chi connectivity index (χ2v) is 8.79. The molecule has 1 aliphatic heterocycles. The van der Waals surface area contributed by atoms with E-state index in [2.05, 4.69) is 5.32 Å². The van der Waals surface area contributed by atoms with E-state index in [0.29, 0.717) is 23.2 Å². The lowest BCUT2D eigenvalue weighted by Gasteiger charge is -2.57. The summed E-state index contributed by atoms with van der Waals surface area (Å²) in [6.07, 6.45) is 9.22. The monoisotopic (exact) mass is 338 g/mol. The van der Waals surface area contributed by atoms with Crippen molar-refractivity contribution in [2.45, 2.75) is 50.5 Å². The minimum Gasteiger partial charge on any atom is -0.311 e. The van der Waals surface area contributed by atoms with Crippen LogP contribution in [0.25, 0.3) is 0 Å². The average Bonchev–Trinajstić information content (AvgIpc) is 2.82. The van der Waals surface area contributed by atoms with Crippen LogP contribution in [0.1, 0.15) is 65.7 Å². The largest absolute Gasteiger partial charge is 0.311 e. The molecule has 4 fully saturated rings. The lowest BCUT2D eigenvalue weighted by atomic mass is 9.53. The lowest BCUT2D eigenvalue weighted by molar-refractivity contribution is -0.0196. The number of carbonyl (C=O) groups excluding carboxylic acids is 2. The van der Waals surface area contributed by atoms with Gasteiger partial charge in [-0.05, 0) is 81.4 Å². The number of rotatable bonds is 5. The van der Waals surface area contributed by atoms with Crippen molar-refractivity contribution in [3.63, 3.8) is 0 Å². The summed E-state index contributed by atoms with van der Waals surface area (Å²) in [5.41, 5.74) is 1.47. The van der Waals surface area contributed by atoms with Gasteiger partial charge in [-0.3, -0.25) is 14.5 Å². The maximum Gasteiger partial charge on any atom is 0.261 e. The van der Waals surface area contributed by atoms with Crippen molar-refractivity contribution in [1.29, 1.82) is 0 Å². The Morgan fingerprint density at radius 2 is 1.44 bits per heavy atom. The highest BCUT2D eigenvalue weighted by atomic mass is 16.2. The van der Waals surface area contributed by atoms with Crippen LogP contribution in [0.15, 0.2) is 24.3 Å². The Morgan fingerprint density at radius 3 is 1.96 bits per heavy atom. The zero-order valence-electron chi connectivity index (χ0n) is 14.7. The van der Waals surface area contributed by atoms with Crippen LogP contribution in [0.5, 0.6) is 0 Å². The molecule has 1 aromatic carbocycles. The van der Waals surface area contributed by atoms with E-state index in [9.17, 15) is 9.59 Å². The number of carbonyl (C=O) groups is 2. The minimum atomic E-state index is -0.129. The number of amides is 2. The Morgan fingerprint density at radius 1 is 0.920 bits per heavy atom. The van der Waals surface area contributed by atoms with Crippen LogP contribution < -0.4 is 5.32 Å². The third-order valence-electron chi connectivity index (χ3n) is 6.97. The highest BCUT2D eigenvalue weighted by Crippen LogP contribution is 2.55. The second kappa shape index (κ2) is 5.66. The molecule has 0 atom stereocenters. The molecule has 0 unspecified atom stereocenters. The Kier molecular flexibility index (Phi) is 3.53. The van der Waals surface area contributed by atoms with Gasteiger partial charge < -0.3 is 5.32 Å². The number of hydrogen-bond acceptors (Lipinski definition) is 3. The molecule has 132 valence electrons. The standard InChI is InChI=1S/C21H26N2O2/c24-19-17-4-1-2-5-18(17)20(25)23(19)7-3-6-22-21-11-14-8-15(12-21)10-16(9-14)13-21/h1-2,4-5,14-16,22H,3,6-13H2. The fourth-order valence-corrected chi connectivity index (χ4v) is 6.36. The van der Waals surface area contributed by atoms with E-state index >= 15 is 0 Å². The van der Waals surface area contributed by atoms with Gasteiger partial charge in [-0.2, -0.15) is 0 Å². The fourth-order valence-electron chi connectivity index (χ4n) is 6.36. The third-order valence-corrected chi connectivity index (χ3v) is 6.97. The number of nitrogens with zero attached hydrogens (tertiary/aromatic N) is 1. The molecule has 25 heavy (non-hydrogen) atoms. The normalized spacial score (nSPS) is 35.5. The van der Waals surface area contributed by atoms with Crippen LogP contribution in [-0.4, -0.2) is 35.3 Å². The van der Waals surface area contributed by atoms with Crippen LogP contribution in [0.4, 0.5) is 0 Å². The summed E-state index contributed by atoms with van der Waals surface area (Å²) < 4.78 is 0. The maximum atomic E-state index is 12.4. The minimum absolute atomic E-state index is 0.129. The topological polar surface area (TPSA) is 49.4 Å². The van der Waals surface area contributed by atoms with Gasteiger partial charge in [0.15, 0.2) is 0 Å². The molecule has 5 aliphatic rings. The van der Waals surface area contributed by atoms with Gasteiger partial charge >= 0.3 is 0 Å². The van der Waals surface area contributed by atoms with Crippen molar-refractivity contribution >= 4 is 11.8 Å². The zero-order valence-corrected chi connectivity index (χ0v) is 14.7. The van der Waals surface area contributed by atoms with Gasteiger partial charge in [-0.1, -0.05) is 12.1 Å². The number of hydrogen-bond donors (Lipinski definition) is 1. The van der Waals surface area contributed by atoms with Gasteiger partial charge in [0, 0.05) is 12.1 Å². The molecule has 4 nitrogen and oxygen atoms in total. The van der Waals surface area contributed by atoms with E-state index in [-0.39, 0.29) is 11.8 Å². The van der Waals surface area contributed by atoms with Crippen molar-refractivity contribution < 1.29 is 9.59 Å². The molecule has 4 saturated carbocycles. The van der Waals surface area contributed by atoms with E-state index in [4.69, 9.17) is 0 Å². The van der Waals surface area contributed by atoms with Crippen molar-refractivity contribution in [2.75, 3.05) is 13.1 Å². The van der Waals surface area contributed by atoms with Crippen LogP contribution >= 0.6 is 0 Å². The molecule has 0 spiro atoms. The summed E-state index contributed by atoms with van der Waals surface area (Å²) in [7, 11) is 0. The van der Waals surface area contributed by atoms with Gasteiger partial charge in [0.1, 0.15) is 0 Å². The van der Waals surface area contributed by atoms with Crippen LogP contribution in [0.3, 0.4) is 0 Å². The molecule has 4 aliphatic carbocycles. The van der Waals surface area contributed by atoms with E-state index in [0.717, 1.165) is 30.7 Å². The molecule has 2 amide bonds. The SMILES string of the molecule is O=C1c2ccccc2C(=O)N1CCCNC12CC3CC(CC(C3)C1)C2. The molecule has 1 aromatic rings. The van der Waals surface area contributed by atoms with Crippen molar-refractivity contribution in [3.8, 4) is 0 Å². The fraction of sp³-hybridized carbons (Fsp3) is 0.619. The summed E-state index contributed by atoms with van der Waals surface area (Å²) in [5, 5.41) is 3.85. The van der Waals surface area contributed by atoms with Crippen LogP contribution in [0.2, 0.25) is 0 Å². The van der Waals surface area contributed by atoms with Gasteiger partial charge in [0.05, 0.1) is 11.1 Å². The van der Waals surface area contributed by atoms with Gasteiger partial charge in [0.2, 0.25) is 0 Å². The predicted molar refractivity (Wildman–Crippen MR) is 95.3 cm³/mol. The van der Waals surface area contributed by atoms with Gasteiger partial charge in [-0.15, -0.1) is 0 Å². The van der Waals surface area contributed by atoms with Gasteiger partial charge in [0.25, 0.3) is 11.8 Å². The first-order valence-electron chi connectivity index (χ1n) is 9.84. The predicted octanol–water partition coefficient (Wildman–Crippen LogP) is 3.23. The van der Waals surface area contributed by atoms with E-state index < -0.39 is 0 Å². The first-order chi connectivity index (χ1) is 12.1. The Balaban J connectivity index is 1.17. The quantitative estimate of drug-likeness (QED) is 0.662. The summed E-state index contributed by atoms with van der Waals surface area (Å²) in [6.45, 7) is 1.42. The second-order valence-electron chi connectivity index (χ2n) is 8.79. The molecule has 1 N–H and O–H groups in total. The van der Waals surface area contributed by atoms with Crippen LogP contribution in [0, 0.1) is 17.8 Å². The molecule has 1 heterocycles. The number of imide groups is 1. The average molecular weight is 338 g/mol. The molecule has 6 rings (SSSR count). The number of nitrogens with one attached hydrogen (secondary N) is 1. The van der Waals surface area contributed by atoms with Crippen molar-refractivity contribution in [1.82, 2.24) is 10.2 Å². The summed E-state index contributed by atoms with van der Waals surface area (Å²) in [4.78, 5) is 26.2. The molecule has 0 aromatic heterocycles. The molecular formula is C21H26N2O2. The van der Waals surface area contributed by atoms with E-state index in [1.807, 2.05) is 12.1 Å². The van der Waals surface area contributed by atoms with Crippen molar-refractivity contribution in [2.24, 2.45) is 17.8 Å². The highest BCUT2D eigenvalue weighted by Gasteiger charge is 2.50. The molecule has 0 saturated heterocycles. The molecule has 0 radical (unpaired) electrons. The highest BCUT2D eigenvalue weighted by molar-refractivity contribution is 6.21. The molecule has 4 bridgehead atoms. The number of fused-ring (bicyclic) bond motifs is 1. The Bertz CT molecular complexity index is 656. The Hall–Kier alpha value is -1.68. The van der Waals surface area contributed by atoms with Crippen molar-refractivity contribution in [3.05, 3.63) is 35.4 Å². The third kappa shape index (κ3) is 2.53. The zero-order chi connectivity index (χ0) is 17.0. The van der Waals surface area contributed by atoms with E-state index in [1.54, 1.807) is 12.1 Å². The summed E-state index contributed by atoms with van der Waals surface area (Å²) >= 11 is 0. The van der Waals surface area contributed by atoms with E-state index in [1.165, 1.54) is 43.4 Å². The molecular weight excluding hydrogens is 312 g/mol.